The largest absolute Gasteiger partial charge is 0.573 e. The van der Waals surface area contributed by atoms with Gasteiger partial charge in [0.2, 0.25) is 0 Å². The Morgan fingerprint density at radius 3 is 2.50 bits per heavy atom. The standard InChI is InChI=1S/C12H12BrF3O2/c1-3-8-6-9(18-12(14,15)16)4-5-10(8)11(13)7(2)17/h4-6,11H,3H2,1-2H3. The van der Waals surface area contributed by atoms with Crippen LogP contribution in [-0.2, 0) is 11.2 Å². The van der Waals surface area contributed by atoms with Crippen LogP contribution >= 0.6 is 15.9 Å². The van der Waals surface area contributed by atoms with Crippen molar-refractivity contribution in [3.63, 3.8) is 0 Å². The van der Waals surface area contributed by atoms with Gasteiger partial charge in [-0.1, -0.05) is 28.9 Å². The van der Waals surface area contributed by atoms with Crippen molar-refractivity contribution < 1.29 is 22.7 Å². The highest BCUT2D eigenvalue weighted by molar-refractivity contribution is 9.09. The molecule has 0 aromatic heterocycles. The second kappa shape index (κ2) is 5.73. The zero-order valence-corrected chi connectivity index (χ0v) is 11.4. The van der Waals surface area contributed by atoms with Gasteiger partial charge < -0.3 is 4.74 Å². The average molecular weight is 325 g/mol. The summed E-state index contributed by atoms with van der Waals surface area (Å²) in [7, 11) is 0. The van der Waals surface area contributed by atoms with Crippen molar-refractivity contribution in [2.24, 2.45) is 0 Å². The van der Waals surface area contributed by atoms with Crippen molar-refractivity contribution in [3.05, 3.63) is 29.3 Å². The number of ketones is 1. The second-order valence-electron chi connectivity index (χ2n) is 3.74. The fourth-order valence-electron chi connectivity index (χ4n) is 1.55. The first kappa shape index (κ1) is 15.0. The Balaban J connectivity index is 3.07. The maximum atomic E-state index is 12.1. The lowest BCUT2D eigenvalue weighted by Crippen LogP contribution is -2.17. The number of Topliss-reactive ketones (excluding diaryl/α,β-unsaturated/α-hetero) is 1. The lowest BCUT2D eigenvalue weighted by molar-refractivity contribution is -0.274. The molecule has 0 heterocycles. The summed E-state index contributed by atoms with van der Waals surface area (Å²) in [5, 5.41) is 0. The van der Waals surface area contributed by atoms with Crippen LogP contribution in [0.1, 0.15) is 29.8 Å². The molecule has 0 spiro atoms. The first-order chi connectivity index (χ1) is 8.24. The fourth-order valence-corrected chi connectivity index (χ4v) is 2.00. The lowest BCUT2D eigenvalue weighted by Gasteiger charge is -2.15. The van der Waals surface area contributed by atoms with Gasteiger partial charge in [0.15, 0.2) is 0 Å². The molecular formula is C12H12BrF3O2. The molecule has 100 valence electrons. The minimum Gasteiger partial charge on any atom is -0.406 e. The molecule has 0 fully saturated rings. The topological polar surface area (TPSA) is 26.3 Å². The minimum absolute atomic E-state index is 0.103. The normalized spacial score (nSPS) is 13.2. The number of halogens is 4. The van der Waals surface area contributed by atoms with Crippen LogP contribution in [0.15, 0.2) is 18.2 Å². The van der Waals surface area contributed by atoms with E-state index in [1.165, 1.54) is 25.1 Å². The number of carbonyl (C=O) groups excluding carboxylic acids is 1. The molecule has 1 unspecified atom stereocenters. The van der Waals surface area contributed by atoms with E-state index in [2.05, 4.69) is 20.7 Å². The van der Waals surface area contributed by atoms with E-state index in [-0.39, 0.29) is 11.5 Å². The van der Waals surface area contributed by atoms with Crippen molar-refractivity contribution in [2.75, 3.05) is 0 Å². The van der Waals surface area contributed by atoms with E-state index in [4.69, 9.17) is 0 Å². The highest BCUT2D eigenvalue weighted by atomic mass is 79.9. The summed E-state index contributed by atoms with van der Waals surface area (Å²) < 4.78 is 40.1. The van der Waals surface area contributed by atoms with E-state index in [1.807, 2.05) is 0 Å². The van der Waals surface area contributed by atoms with Gasteiger partial charge in [-0.15, -0.1) is 13.2 Å². The Bertz CT molecular complexity index is 443. The van der Waals surface area contributed by atoms with Gasteiger partial charge in [0.1, 0.15) is 11.5 Å². The summed E-state index contributed by atoms with van der Waals surface area (Å²) in [4.78, 5) is 10.8. The predicted octanol–water partition coefficient (Wildman–Crippen LogP) is 4.17. The van der Waals surface area contributed by atoms with Crippen molar-refractivity contribution in [2.45, 2.75) is 31.5 Å². The third-order valence-electron chi connectivity index (χ3n) is 2.36. The zero-order chi connectivity index (χ0) is 13.9. The summed E-state index contributed by atoms with van der Waals surface area (Å²) in [5.41, 5.74) is 1.31. The number of carbonyl (C=O) groups is 1. The zero-order valence-electron chi connectivity index (χ0n) is 9.84. The molecule has 0 bridgehead atoms. The van der Waals surface area contributed by atoms with Crippen molar-refractivity contribution >= 4 is 21.7 Å². The molecular weight excluding hydrogens is 313 g/mol. The van der Waals surface area contributed by atoms with Gasteiger partial charge >= 0.3 is 6.36 Å². The third-order valence-corrected chi connectivity index (χ3v) is 3.50. The maximum absolute atomic E-state index is 12.1. The van der Waals surface area contributed by atoms with Crippen LogP contribution in [0.3, 0.4) is 0 Å². The van der Waals surface area contributed by atoms with Crippen molar-refractivity contribution in [3.8, 4) is 5.75 Å². The molecule has 2 nitrogen and oxygen atoms in total. The number of ether oxygens (including phenoxy) is 1. The van der Waals surface area contributed by atoms with Crippen LogP contribution in [0.5, 0.6) is 5.75 Å². The van der Waals surface area contributed by atoms with Crippen LogP contribution in [-0.4, -0.2) is 12.1 Å². The first-order valence-corrected chi connectivity index (χ1v) is 6.19. The van der Waals surface area contributed by atoms with Gasteiger partial charge in [-0.05, 0) is 36.6 Å². The van der Waals surface area contributed by atoms with E-state index < -0.39 is 11.2 Å². The molecule has 0 aliphatic heterocycles. The molecule has 6 heteroatoms. The minimum atomic E-state index is -4.71. The monoisotopic (exact) mass is 324 g/mol. The van der Waals surface area contributed by atoms with E-state index in [0.717, 1.165) is 0 Å². The van der Waals surface area contributed by atoms with Gasteiger partial charge in [-0.3, -0.25) is 4.79 Å². The van der Waals surface area contributed by atoms with Gasteiger partial charge in [-0.2, -0.15) is 0 Å². The van der Waals surface area contributed by atoms with E-state index >= 15 is 0 Å². The Morgan fingerprint density at radius 1 is 1.44 bits per heavy atom. The van der Waals surface area contributed by atoms with Gasteiger partial charge in [0, 0.05) is 0 Å². The molecule has 1 atom stereocenters. The van der Waals surface area contributed by atoms with E-state index in [0.29, 0.717) is 17.5 Å². The Morgan fingerprint density at radius 2 is 2.06 bits per heavy atom. The van der Waals surface area contributed by atoms with Gasteiger partial charge in [0.25, 0.3) is 0 Å². The van der Waals surface area contributed by atoms with Crippen LogP contribution in [0, 0.1) is 0 Å². The maximum Gasteiger partial charge on any atom is 0.573 e. The predicted molar refractivity (Wildman–Crippen MR) is 64.9 cm³/mol. The number of hydrogen-bond donors (Lipinski definition) is 0. The van der Waals surface area contributed by atoms with Crippen LogP contribution < -0.4 is 4.74 Å². The summed E-state index contributed by atoms with van der Waals surface area (Å²) in [6.45, 7) is 3.22. The molecule has 0 radical (unpaired) electrons. The first-order valence-electron chi connectivity index (χ1n) is 5.27. The quantitative estimate of drug-likeness (QED) is 0.777. The number of aryl methyl sites for hydroxylation is 1. The molecule has 0 saturated carbocycles. The molecule has 1 aromatic carbocycles. The van der Waals surface area contributed by atoms with E-state index in [9.17, 15) is 18.0 Å². The smallest absolute Gasteiger partial charge is 0.406 e. The van der Waals surface area contributed by atoms with Crippen molar-refractivity contribution in [1.82, 2.24) is 0 Å². The summed E-state index contributed by atoms with van der Waals surface area (Å²) in [6.07, 6.45) is -4.19. The Kier molecular flexibility index (Phi) is 4.78. The van der Waals surface area contributed by atoms with E-state index in [1.54, 1.807) is 6.92 Å². The third kappa shape index (κ3) is 4.01. The molecule has 0 saturated heterocycles. The fraction of sp³-hybridized carbons (Fsp3) is 0.417. The Hall–Kier alpha value is -1.04. The number of benzene rings is 1. The molecule has 1 rings (SSSR count). The molecule has 18 heavy (non-hydrogen) atoms. The van der Waals surface area contributed by atoms with Crippen LogP contribution in [0.2, 0.25) is 0 Å². The molecule has 0 N–H and O–H groups in total. The molecule has 0 amide bonds. The van der Waals surface area contributed by atoms with Crippen LogP contribution in [0.25, 0.3) is 0 Å². The molecule has 0 aliphatic carbocycles. The summed E-state index contributed by atoms with van der Waals surface area (Å²) >= 11 is 3.22. The second-order valence-corrected chi connectivity index (χ2v) is 4.65. The highest BCUT2D eigenvalue weighted by Gasteiger charge is 2.31. The Labute approximate surface area is 111 Å². The number of hydrogen-bond acceptors (Lipinski definition) is 2. The molecule has 1 aromatic rings. The average Bonchev–Trinajstić information content (AvgIpc) is 2.25. The van der Waals surface area contributed by atoms with Gasteiger partial charge in [0.05, 0.1) is 4.83 Å². The van der Waals surface area contributed by atoms with Crippen LogP contribution in [0.4, 0.5) is 13.2 Å². The molecule has 0 aliphatic rings. The highest BCUT2D eigenvalue weighted by Crippen LogP contribution is 2.31. The van der Waals surface area contributed by atoms with Crippen molar-refractivity contribution in [1.29, 1.82) is 0 Å². The number of rotatable bonds is 4. The van der Waals surface area contributed by atoms with Gasteiger partial charge in [-0.25, -0.2) is 0 Å². The lowest BCUT2D eigenvalue weighted by atomic mass is 10.0. The summed E-state index contributed by atoms with van der Waals surface area (Å²) in [5.74, 6) is -0.374. The number of alkyl halides is 4. The SMILES string of the molecule is CCc1cc(OC(F)(F)F)ccc1C(Br)C(C)=O. The summed E-state index contributed by atoms with van der Waals surface area (Å²) in [6, 6.07) is 3.99.